The van der Waals surface area contributed by atoms with Gasteiger partial charge in [0.05, 0.1) is 19.3 Å². The summed E-state index contributed by atoms with van der Waals surface area (Å²) in [6, 6.07) is -0.134. The van der Waals surface area contributed by atoms with Gasteiger partial charge in [-0.25, -0.2) is 17.5 Å². The van der Waals surface area contributed by atoms with Gasteiger partial charge in [-0.15, -0.1) is 0 Å². The summed E-state index contributed by atoms with van der Waals surface area (Å²) in [6.07, 6.45) is 3.69. The molecule has 2 fully saturated rings. The number of hydrogen-bond acceptors (Lipinski definition) is 5. The SMILES string of the molecule is COC(=O)C1CCN(C(=O)NC2CCN(S(C)(=O)=O)CC2)CC1. The van der Waals surface area contributed by atoms with Crippen molar-refractivity contribution in [2.24, 2.45) is 5.92 Å². The molecule has 0 aromatic rings. The largest absolute Gasteiger partial charge is 0.469 e. The highest BCUT2D eigenvalue weighted by Gasteiger charge is 2.30. The maximum absolute atomic E-state index is 12.3. The van der Waals surface area contributed by atoms with Gasteiger partial charge in [0.15, 0.2) is 0 Å². The summed E-state index contributed by atoms with van der Waals surface area (Å²) >= 11 is 0. The van der Waals surface area contributed by atoms with Crippen molar-refractivity contribution in [1.82, 2.24) is 14.5 Å². The van der Waals surface area contributed by atoms with E-state index in [1.54, 1.807) is 4.90 Å². The third kappa shape index (κ3) is 4.81. The van der Waals surface area contributed by atoms with E-state index >= 15 is 0 Å². The van der Waals surface area contributed by atoms with Gasteiger partial charge < -0.3 is 15.0 Å². The Morgan fingerprint density at radius 2 is 1.61 bits per heavy atom. The molecule has 132 valence electrons. The summed E-state index contributed by atoms with van der Waals surface area (Å²) in [5.74, 6) is -0.333. The first-order valence-electron chi connectivity index (χ1n) is 7.89. The van der Waals surface area contributed by atoms with E-state index in [0.717, 1.165) is 0 Å². The Hall–Kier alpha value is -1.35. The number of likely N-dealkylation sites (tertiary alicyclic amines) is 1. The number of esters is 1. The summed E-state index contributed by atoms with van der Waals surface area (Å²) in [6.45, 7) is 1.95. The number of ether oxygens (including phenoxy) is 1. The Bertz CT molecular complexity index is 535. The van der Waals surface area contributed by atoms with Gasteiger partial charge in [0.25, 0.3) is 0 Å². The highest BCUT2D eigenvalue weighted by atomic mass is 32.2. The molecule has 2 aliphatic rings. The Morgan fingerprint density at radius 1 is 1.04 bits per heavy atom. The standard InChI is InChI=1S/C14H25N3O5S/c1-22-13(18)11-3-7-16(8-4-11)14(19)15-12-5-9-17(10-6-12)23(2,20)21/h11-12H,3-10H2,1-2H3,(H,15,19). The minimum absolute atomic E-state index is 0.00108. The molecule has 2 heterocycles. The van der Waals surface area contributed by atoms with Crippen LogP contribution in [0.5, 0.6) is 0 Å². The molecule has 0 unspecified atom stereocenters. The second kappa shape index (κ2) is 7.48. The van der Waals surface area contributed by atoms with Gasteiger partial charge in [-0.3, -0.25) is 4.79 Å². The minimum atomic E-state index is -3.15. The number of hydrogen-bond donors (Lipinski definition) is 1. The lowest BCUT2D eigenvalue weighted by atomic mass is 9.97. The second-order valence-electron chi connectivity index (χ2n) is 6.17. The predicted molar refractivity (Wildman–Crippen MR) is 84.3 cm³/mol. The van der Waals surface area contributed by atoms with Gasteiger partial charge in [-0.2, -0.15) is 0 Å². The number of urea groups is 1. The number of nitrogens with zero attached hydrogens (tertiary/aromatic N) is 2. The van der Waals surface area contributed by atoms with Crippen molar-refractivity contribution >= 4 is 22.0 Å². The van der Waals surface area contributed by atoms with Crippen LogP contribution in [0.4, 0.5) is 4.79 Å². The first-order valence-corrected chi connectivity index (χ1v) is 9.74. The Labute approximate surface area is 137 Å². The fourth-order valence-corrected chi connectivity index (χ4v) is 3.96. The number of nitrogens with one attached hydrogen (secondary N) is 1. The predicted octanol–water partition coefficient (Wildman–Crippen LogP) is 0.00500. The fourth-order valence-electron chi connectivity index (χ4n) is 3.08. The molecule has 2 rings (SSSR count). The summed E-state index contributed by atoms with van der Waals surface area (Å²) < 4.78 is 29.1. The molecule has 2 saturated heterocycles. The van der Waals surface area contributed by atoms with Crippen LogP contribution in [0, 0.1) is 5.92 Å². The number of amides is 2. The summed E-state index contributed by atoms with van der Waals surface area (Å²) in [5.41, 5.74) is 0. The molecule has 0 spiro atoms. The van der Waals surface area contributed by atoms with Crippen LogP contribution in [0.2, 0.25) is 0 Å². The molecule has 2 amide bonds. The van der Waals surface area contributed by atoms with Gasteiger partial charge in [0, 0.05) is 32.2 Å². The van der Waals surface area contributed by atoms with E-state index in [2.05, 4.69) is 5.32 Å². The van der Waals surface area contributed by atoms with Crippen LogP contribution in [0.3, 0.4) is 0 Å². The normalized spacial score (nSPS) is 21.9. The van der Waals surface area contributed by atoms with E-state index in [-0.39, 0.29) is 24.0 Å². The van der Waals surface area contributed by atoms with Crippen LogP contribution in [0.15, 0.2) is 0 Å². The fraction of sp³-hybridized carbons (Fsp3) is 0.857. The van der Waals surface area contributed by atoms with Crippen LogP contribution in [-0.4, -0.2) is 75.2 Å². The Kier molecular flexibility index (Phi) is 5.85. The molecule has 23 heavy (non-hydrogen) atoms. The molecule has 0 aliphatic carbocycles. The number of carbonyl (C=O) groups excluding carboxylic acids is 2. The van der Waals surface area contributed by atoms with Crippen molar-refractivity contribution in [1.29, 1.82) is 0 Å². The molecule has 0 aromatic heterocycles. The van der Waals surface area contributed by atoms with E-state index in [4.69, 9.17) is 4.74 Å². The molecule has 0 radical (unpaired) electrons. The number of methoxy groups -OCH3 is 1. The number of piperidine rings is 2. The number of carbonyl (C=O) groups is 2. The van der Waals surface area contributed by atoms with Crippen LogP contribution < -0.4 is 5.32 Å². The lowest BCUT2D eigenvalue weighted by Gasteiger charge is -2.34. The molecule has 2 aliphatic heterocycles. The van der Waals surface area contributed by atoms with Crippen molar-refractivity contribution in [3.05, 3.63) is 0 Å². The highest BCUT2D eigenvalue weighted by molar-refractivity contribution is 7.88. The zero-order valence-electron chi connectivity index (χ0n) is 13.7. The quantitative estimate of drug-likeness (QED) is 0.725. The third-order valence-electron chi connectivity index (χ3n) is 4.57. The van der Waals surface area contributed by atoms with Crippen molar-refractivity contribution in [3.63, 3.8) is 0 Å². The van der Waals surface area contributed by atoms with Crippen LogP contribution in [0.25, 0.3) is 0 Å². The zero-order chi connectivity index (χ0) is 17.0. The molecule has 0 aromatic carbocycles. The van der Waals surface area contributed by atoms with Crippen molar-refractivity contribution in [3.8, 4) is 0 Å². The average Bonchev–Trinajstić information content (AvgIpc) is 2.54. The smallest absolute Gasteiger partial charge is 0.317 e. The second-order valence-corrected chi connectivity index (χ2v) is 8.15. The number of rotatable bonds is 3. The van der Waals surface area contributed by atoms with Gasteiger partial charge in [0.2, 0.25) is 10.0 Å². The molecular formula is C14H25N3O5S. The van der Waals surface area contributed by atoms with E-state index in [1.807, 2.05) is 0 Å². The molecule has 0 bridgehead atoms. The van der Waals surface area contributed by atoms with Crippen molar-refractivity contribution in [2.45, 2.75) is 31.7 Å². The van der Waals surface area contributed by atoms with Crippen LogP contribution in [0.1, 0.15) is 25.7 Å². The van der Waals surface area contributed by atoms with Crippen molar-refractivity contribution < 1.29 is 22.7 Å². The topological polar surface area (TPSA) is 96.0 Å². The lowest BCUT2D eigenvalue weighted by molar-refractivity contribution is -0.146. The van der Waals surface area contributed by atoms with Gasteiger partial charge in [-0.05, 0) is 25.7 Å². The molecular weight excluding hydrogens is 322 g/mol. The Morgan fingerprint density at radius 3 is 2.09 bits per heavy atom. The monoisotopic (exact) mass is 347 g/mol. The van der Waals surface area contributed by atoms with E-state index < -0.39 is 10.0 Å². The lowest BCUT2D eigenvalue weighted by Crippen LogP contribution is -2.51. The van der Waals surface area contributed by atoms with Gasteiger partial charge in [0.1, 0.15) is 0 Å². The molecule has 0 saturated carbocycles. The zero-order valence-corrected chi connectivity index (χ0v) is 14.5. The summed E-state index contributed by atoms with van der Waals surface area (Å²) in [5, 5.41) is 2.97. The average molecular weight is 347 g/mol. The van der Waals surface area contributed by atoms with Crippen LogP contribution in [-0.2, 0) is 19.6 Å². The first-order chi connectivity index (χ1) is 10.8. The maximum Gasteiger partial charge on any atom is 0.317 e. The van der Waals surface area contributed by atoms with Gasteiger partial charge in [-0.1, -0.05) is 0 Å². The van der Waals surface area contributed by atoms with Crippen molar-refractivity contribution in [2.75, 3.05) is 39.5 Å². The van der Waals surface area contributed by atoms with E-state index in [1.165, 1.54) is 17.7 Å². The van der Waals surface area contributed by atoms with Gasteiger partial charge >= 0.3 is 12.0 Å². The molecule has 0 atom stereocenters. The first kappa shape index (κ1) is 18.0. The van der Waals surface area contributed by atoms with E-state index in [9.17, 15) is 18.0 Å². The molecule has 8 nitrogen and oxygen atoms in total. The van der Waals surface area contributed by atoms with Crippen LogP contribution >= 0.6 is 0 Å². The molecule has 9 heteroatoms. The maximum atomic E-state index is 12.3. The Balaban J connectivity index is 1.75. The highest BCUT2D eigenvalue weighted by Crippen LogP contribution is 2.19. The minimum Gasteiger partial charge on any atom is -0.469 e. The summed E-state index contributed by atoms with van der Waals surface area (Å²) in [7, 11) is -1.77. The van der Waals surface area contributed by atoms with E-state index in [0.29, 0.717) is 51.9 Å². The molecule has 1 N–H and O–H groups in total. The number of sulfonamides is 1. The third-order valence-corrected chi connectivity index (χ3v) is 5.87. The summed E-state index contributed by atoms with van der Waals surface area (Å²) in [4.78, 5) is 25.4.